The van der Waals surface area contributed by atoms with E-state index in [4.69, 9.17) is 14.5 Å². The standard InChI is InChI=1S/C17H33N3O2.HI/c1-4-18-17(19-11-15-8-6-5-7-14(15)2)20-9-10-22-16(12-20)13-21-3;/h14-16H,4-13H2,1-3H3,(H,18,19);1H. The highest BCUT2D eigenvalue weighted by molar-refractivity contribution is 14.0. The lowest BCUT2D eigenvalue weighted by atomic mass is 9.80. The summed E-state index contributed by atoms with van der Waals surface area (Å²) in [7, 11) is 1.73. The molecule has 1 saturated heterocycles. The predicted octanol–water partition coefficient (Wildman–Crippen LogP) is 2.74. The Morgan fingerprint density at radius 3 is 2.83 bits per heavy atom. The number of rotatable bonds is 5. The molecule has 136 valence electrons. The zero-order valence-corrected chi connectivity index (χ0v) is 17.3. The molecule has 0 radical (unpaired) electrons. The fourth-order valence-corrected chi connectivity index (χ4v) is 3.49. The van der Waals surface area contributed by atoms with Crippen molar-refractivity contribution in [2.24, 2.45) is 16.8 Å². The molecule has 0 aromatic rings. The third kappa shape index (κ3) is 6.74. The molecule has 23 heavy (non-hydrogen) atoms. The van der Waals surface area contributed by atoms with E-state index in [9.17, 15) is 0 Å². The zero-order valence-electron chi connectivity index (χ0n) is 14.9. The summed E-state index contributed by atoms with van der Waals surface area (Å²) < 4.78 is 11.0. The number of hydrogen-bond acceptors (Lipinski definition) is 3. The molecule has 3 atom stereocenters. The van der Waals surface area contributed by atoms with Gasteiger partial charge in [-0.05, 0) is 25.2 Å². The molecule has 0 aromatic heterocycles. The predicted molar refractivity (Wildman–Crippen MR) is 106 cm³/mol. The van der Waals surface area contributed by atoms with Gasteiger partial charge in [0.25, 0.3) is 0 Å². The van der Waals surface area contributed by atoms with E-state index in [2.05, 4.69) is 24.1 Å². The van der Waals surface area contributed by atoms with Gasteiger partial charge < -0.3 is 19.7 Å². The molecular formula is C17H34IN3O2. The average Bonchev–Trinajstić information content (AvgIpc) is 2.53. The van der Waals surface area contributed by atoms with Crippen LogP contribution in [0.25, 0.3) is 0 Å². The van der Waals surface area contributed by atoms with Crippen LogP contribution >= 0.6 is 24.0 Å². The Kier molecular flexibility index (Phi) is 10.5. The molecule has 1 aliphatic carbocycles. The van der Waals surface area contributed by atoms with Crippen molar-refractivity contribution in [2.45, 2.75) is 45.6 Å². The molecule has 2 aliphatic rings. The normalized spacial score (nSPS) is 29.1. The highest BCUT2D eigenvalue weighted by atomic mass is 127. The van der Waals surface area contributed by atoms with Gasteiger partial charge in [-0.3, -0.25) is 4.99 Å². The lowest BCUT2D eigenvalue weighted by Crippen LogP contribution is -2.51. The third-order valence-electron chi connectivity index (χ3n) is 4.89. The van der Waals surface area contributed by atoms with E-state index in [0.717, 1.165) is 50.6 Å². The molecule has 2 fully saturated rings. The lowest BCUT2D eigenvalue weighted by Gasteiger charge is -2.35. The first kappa shape index (κ1) is 21.0. The van der Waals surface area contributed by atoms with Crippen molar-refractivity contribution in [3.63, 3.8) is 0 Å². The van der Waals surface area contributed by atoms with Crippen molar-refractivity contribution >= 4 is 29.9 Å². The van der Waals surface area contributed by atoms with Gasteiger partial charge in [-0.2, -0.15) is 0 Å². The fraction of sp³-hybridized carbons (Fsp3) is 0.941. The summed E-state index contributed by atoms with van der Waals surface area (Å²) in [6, 6.07) is 0. The van der Waals surface area contributed by atoms with Crippen molar-refractivity contribution in [1.29, 1.82) is 0 Å². The van der Waals surface area contributed by atoms with Crippen LogP contribution in [0.3, 0.4) is 0 Å². The Balaban J connectivity index is 0.00000264. The van der Waals surface area contributed by atoms with Gasteiger partial charge in [-0.25, -0.2) is 0 Å². The first-order chi connectivity index (χ1) is 10.7. The van der Waals surface area contributed by atoms with E-state index >= 15 is 0 Å². The molecule has 1 aliphatic heterocycles. The number of guanidine groups is 1. The largest absolute Gasteiger partial charge is 0.382 e. The van der Waals surface area contributed by atoms with Gasteiger partial charge in [0.15, 0.2) is 5.96 Å². The molecule has 0 aromatic carbocycles. The summed E-state index contributed by atoms with van der Waals surface area (Å²) in [6.07, 6.45) is 5.61. The summed E-state index contributed by atoms with van der Waals surface area (Å²) >= 11 is 0. The van der Waals surface area contributed by atoms with E-state index < -0.39 is 0 Å². The van der Waals surface area contributed by atoms with Crippen molar-refractivity contribution in [2.75, 3.05) is 46.5 Å². The minimum absolute atomic E-state index is 0. The minimum Gasteiger partial charge on any atom is -0.382 e. The van der Waals surface area contributed by atoms with Gasteiger partial charge in [0.2, 0.25) is 0 Å². The quantitative estimate of drug-likeness (QED) is 0.407. The van der Waals surface area contributed by atoms with E-state index in [1.54, 1.807) is 7.11 Å². The molecule has 1 heterocycles. The number of ether oxygens (including phenoxy) is 2. The van der Waals surface area contributed by atoms with Gasteiger partial charge in [-0.1, -0.05) is 26.2 Å². The molecule has 1 saturated carbocycles. The SMILES string of the molecule is CCNC(=NCC1CCCCC1C)N1CCOC(COC)C1.I. The van der Waals surface area contributed by atoms with Crippen molar-refractivity contribution in [3.05, 3.63) is 0 Å². The molecule has 5 nitrogen and oxygen atoms in total. The van der Waals surface area contributed by atoms with Crippen LogP contribution in [-0.2, 0) is 9.47 Å². The van der Waals surface area contributed by atoms with E-state index in [0.29, 0.717) is 6.61 Å². The summed E-state index contributed by atoms with van der Waals surface area (Å²) in [4.78, 5) is 7.26. The lowest BCUT2D eigenvalue weighted by molar-refractivity contribution is -0.0447. The van der Waals surface area contributed by atoms with Crippen molar-refractivity contribution in [3.8, 4) is 0 Å². The summed E-state index contributed by atoms with van der Waals surface area (Å²) in [5, 5.41) is 3.45. The number of methoxy groups -OCH3 is 1. The fourth-order valence-electron chi connectivity index (χ4n) is 3.49. The van der Waals surface area contributed by atoms with Gasteiger partial charge in [0.05, 0.1) is 19.3 Å². The molecule has 0 spiro atoms. The Morgan fingerprint density at radius 1 is 1.35 bits per heavy atom. The number of morpholine rings is 1. The molecule has 1 N–H and O–H groups in total. The van der Waals surface area contributed by atoms with Crippen molar-refractivity contribution < 1.29 is 9.47 Å². The van der Waals surface area contributed by atoms with Crippen LogP contribution in [0.4, 0.5) is 0 Å². The minimum atomic E-state index is 0. The maximum absolute atomic E-state index is 5.74. The van der Waals surface area contributed by atoms with E-state index in [-0.39, 0.29) is 30.1 Å². The second kappa shape index (κ2) is 11.5. The number of halogens is 1. The Labute approximate surface area is 158 Å². The molecular weight excluding hydrogens is 405 g/mol. The van der Waals surface area contributed by atoms with Gasteiger partial charge in [0.1, 0.15) is 0 Å². The zero-order chi connectivity index (χ0) is 15.8. The van der Waals surface area contributed by atoms with E-state index in [1.165, 1.54) is 25.7 Å². The summed E-state index contributed by atoms with van der Waals surface area (Å²) in [5.41, 5.74) is 0. The van der Waals surface area contributed by atoms with Crippen LogP contribution < -0.4 is 5.32 Å². The molecule has 0 bridgehead atoms. The summed E-state index contributed by atoms with van der Waals surface area (Å²) in [5.74, 6) is 2.61. The highest BCUT2D eigenvalue weighted by Gasteiger charge is 2.24. The Morgan fingerprint density at radius 2 is 2.13 bits per heavy atom. The van der Waals surface area contributed by atoms with Crippen LogP contribution in [0.2, 0.25) is 0 Å². The van der Waals surface area contributed by atoms with Gasteiger partial charge >= 0.3 is 0 Å². The van der Waals surface area contributed by atoms with E-state index in [1.807, 2.05) is 0 Å². The Bertz CT molecular complexity index is 353. The first-order valence-corrected chi connectivity index (χ1v) is 8.88. The van der Waals surface area contributed by atoms with Crippen LogP contribution in [0.5, 0.6) is 0 Å². The molecule has 6 heteroatoms. The van der Waals surface area contributed by atoms with Crippen LogP contribution in [0, 0.1) is 11.8 Å². The Hall–Kier alpha value is -0.0800. The molecule has 3 unspecified atom stereocenters. The topological polar surface area (TPSA) is 46.1 Å². The average molecular weight is 439 g/mol. The monoisotopic (exact) mass is 439 g/mol. The smallest absolute Gasteiger partial charge is 0.194 e. The molecule has 2 rings (SSSR count). The van der Waals surface area contributed by atoms with Crippen LogP contribution in [0.1, 0.15) is 39.5 Å². The van der Waals surface area contributed by atoms with Crippen LogP contribution in [-0.4, -0.2) is 63.5 Å². The number of aliphatic imine (C=N–C) groups is 1. The number of hydrogen-bond donors (Lipinski definition) is 1. The third-order valence-corrected chi connectivity index (χ3v) is 4.89. The second-order valence-electron chi connectivity index (χ2n) is 6.61. The van der Waals surface area contributed by atoms with Crippen molar-refractivity contribution in [1.82, 2.24) is 10.2 Å². The van der Waals surface area contributed by atoms with Gasteiger partial charge in [0, 0.05) is 33.3 Å². The van der Waals surface area contributed by atoms with Crippen LogP contribution in [0.15, 0.2) is 4.99 Å². The molecule has 0 amide bonds. The highest BCUT2D eigenvalue weighted by Crippen LogP contribution is 2.29. The number of nitrogens with one attached hydrogen (secondary N) is 1. The number of nitrogens with zero attached hydrogens (tertiary/aromatic N) is 2. The summed E-state index contributed by atoms with van der Waals surface area (Å²) in [6.45, 7) is 9.54. The first-order valence-electron chi connectivity index (χ1n) is 8.88. The maximum Gasteiger partial charge on any atom is 0.194 e. The second-order valence-corrected chi connectivity index (χ2v) is 6.61. The maximum atomic E-state index is 5.74. The van der Waals surface area contributed by atoms with Gasteiger partial charge in [-0.15, -0.1) is 24.0 Å².